The van der Waals surface area contributed by atoms with Gasteiger partial charge >= 0.3 is 0 Å². The third-order valence-electron chi connectivity index (χ3n) is 3.48. The van der Waals surface area contributed by atoms with Gasteiger partial charge < -0.3 is 19.8 Å². The van der Waals surface area contributed by atoms with Crippen molar-refractivity contribution in [2.45, 2.75) is 0 Å². The Balaban J connectivity index is 2.26. The Kier molecular flexibility index (Phi) is 3.70. The van der Waals surface area contributed by atoms with E-state index >= 15 is 0 Å². The molecule has 0 atom stereocenters. The number of nitrogens with zero attached hydrogens (tertiary/aromatic N) is 2. The highest BCUT2D eigenvalue weighted by Crippen LogP contribution is 2.38. The maximum atomic E-state index is 5.92. The first-order chi connectivity index (χ1) is 10.7. The Bertz CT molecular complexity index is 783. The fourth-order valence-electron chi connectivity index (χ4n) is 2.42. The number of imidazole rings is 1. The van der Waals surface area contributed by atoms with Gasteiger partial charge in [0.05, 0.1) is 26.2 Å². The Labute approximate surface area is 128 Å². The Morgan fingerprint density at radius 2 is 1.82 bits per heavy atom. The highest BCUT2D eigenvalue weighted by atomic mass is 16.5. The van der Waals surface area contributed by atoms with Gasteiger partial charge in [0.15, 0.2) is 11.5 Å². The van der Waals surface area contributed by atoms with Gasteiger partial charge in [-0.2, -0.15) is 0 Å². The maximum Gasteiger partial charge on any atom is 0.162 e. The first kappa shape index (κ1) is 14.0. The van der Waals surface area contributed by atoms with Crippen LogP contribution in [0, 0.1) is 0 Å². The molecule has 112 valence electrons. The van der Waals surface area contributed by atoms with Gasteiger partial charge in [0.25, 0.3) is 0 Å². The van der Waals surface area contributed by atoms with Crippen molar-refractivity contribution in [3.05, 3.63) is 55.1 Å². The summed E-state index contributed by atoms with van der Waals surface area (Å²) in [4.78, 5) is 4.12. The molecule has 0 aliphatic heterocycles. The molecule has 2 aromatic carbocycles. The van der Waals surface area contributed by atoms with Crippen molar-refractivity contribution in [1.82, 2.24) is 9.55 Å². The molecule has 0 amide bonds. The zero-order valence-corrected chi connectivity index (χ0v) is 12.5. The average Bonchev–Trinajstić information content (AvgIpc) is 3.07. The molecule has 0 fully saturated rings. The van der Waals surface area contributed by atoms with Crippen LogP contribution in [0.15, 0.2) is 55.1 Å². The topological polar surface area (TPSA) is 62.3 Å². The fraction of sp³-hybridized carbons (Fsp3) is 0.118. The van der Waals surface area contributed by atoms with Crippen molar-refractivity contribution >= 4 is 5.69 Å². The van der Waals surface area contributed by atoms with Gasteiger partial charge in [0, 0.05) is 29.7 Å². The molecule has 0 saturated heterocycles. The summed E-state index contributed by atoms with van der Waals surface area (Å²) in [6.45, 7) is 0. The van der Waals surface area contributed by atoms with Gasteiger partial charge in [-0.05, 0) is 23.8 Å². The van der Waals surface area contributed by atoms with E-state index < -0.39 is 0 Å². The third kappa shape index (κ3) is 2.48. The largest absolute Gasteiger partial charge is 0.493 e. The number of anilines is 1. The van der Waals surface area contributed by atoms with E-state index in [1.165, 1.54) is 0 Å². The normalized spacial score (nSPS) is 10.5. The summed E-state index contributed by atoms with van der Waals surface area (Å²) in [7, 11) is 3.24. The average molecular weight is 295 g/mol. The molecule has 3 rings (SSSR count). The lowest BCUT2D eigenvalue weighted by Crippen LogP contribution is -1.99. The number of benzene rings is 2. The molecular weight excluding hydrogens is 278 g/mol. The lowest BCUT2D eigenvalue weighted by molar-refractivity contribution is 0.355. The summed E-state index contributed by atoms with van der Waals surface area (Å²) >= 11 is 0. The molecule has 0 saturated carbocycles. The molecule has 0 unspecified atom stereocenters. The van der Waals surface area contributed by atoms with E-state index in [1.54, 1.807) is 26.7 Å². The van der Waals surface area contributed by atoms with Gasteiger partial charge in [0.1, 0.15) is 0 Å². The number of hydrogen-bond acceptors (Lipinski definition) is 4. The predicted octanol–water partition coefficient (Wildman–Crippen LogP) is 3.14. The Morgan fingerprint density at radius 3 is 2.45 bits per heavy atom. The van der Waals surface area contributed by atoms with E-state index in [0.29, 0.717) is 17.2 Å². The van der Waals surface area contributed by atoms with E-state index in [4.69, 9.17) is 15.2 Å². The van der Waals surface area contributed by atoms with Gasteiger partial charge in [-0.1, -0.05) is 12.1 Å². The third-order valence-corrected chi connectivity index (χ3v) is 3.48. The molecule has 0 aliphatic carbocycles. The summed E-state index contributed by atoms with van der Waals surface area (Å²) in [5, 5.41) is 0. The van der Waals surface area contributed by atoms with Gasteiger partial charge in [-0.3, -0.25) is 0 Å². The van der Waals surface area contributed by atoms with Gasteiger partial charge in [0.2, 0.25) is 0 Å². The molecule has 0 spiro atoms. The number of methoxy groups -OCH3 is 2. The van der Waals surface area contributed by atoms with Crippen LogP contribution in [0.5, 0.6) is 11.5 Å². The molecule has 1 aromatic heterocycles. The zero-order valence-electron chi connectivity index (χ0n) is 12.5. The Morgan fingerprint density at radius 1 is 1.05 bits per heavy atom. The molecule has 22 heavy (non-hydrogen) atoms. The summed E-state index contributed by atoms with van der Waals surface area (Å²) in [6, 6.07) is 11.6. The molecule has 1 heterocycles. The van der Waals surface area contributed by atoms with E-state index in [-0.39, 0.29) is 0 Å². The number of aromatic nitrogens is 2. The van der Waals surface area contributed by atoms with Gasteiger partial charge in [-0.25, -0.2) is 4.98 Å². The molecule has 5 nitrogen and oxygen atoms in total. The minimum absolute atomic E-state index is 0.666. The minimum atomic E-state index is 0.666. The first-order valence-corrected chi connectivity index (χ1v) is 6.83. The standard InChI is InChI=1S/C17H17N3O2/c1-21-16-9-14(12-4-3-5-13(18)8-12)15(10-17(16)22-2)20-7-6-19-11-20/h3-11H,18H2,1-2H3. The quantitative estimate of drug-likeness (QED) is 0.751. The van der Waals surface area contributed by atoms with Crippen molar-refractivity contribution in [1.29, 1.82) is 0 Å². The molecule has 0 radical (unpaired) electrons. The Hall–Kier alpha value is -2.95. The van der Waals surface area contributed by atoms with E-state index in [2.05, 4.69) is 4.98 Å². The van der Waals surface area contributed by atoms with Crippen LogP contribution in [-0.2, 0) is 0 Å². The number of nitrogens with two attached hydrogens (primary N) is 1. The van der Waals surface area contributed by atoms with Crippen molar-refractivity contribution in [3.8, 4) is 28.3 Å². The van der Waals surface area contributed by atoms with Crippen LogP contribution in [-0.4, -0.2) is 23.8 Å². The lowest BCUT2D eigenvalue weighted by Gasteiger charge is -2.16. The van der Waals surface area contributed by atoms with Crippen LogP contribution >= 0.6 is 0 Å². The molecule has 0 bridgehead atoms. The molecule has 2 N–H and O–H groups in total. The summed E-state index contributed by atoms with van der Waals surface area (Å²) in [5.74, 6) is 1.34. The smallest absolute Gasteiger partial charge is 0.162 e. The van der Waals surface area contributed by atoms with E-state index in [0.717, 1.165) is 16.8 Å². The van der Waals surface area contributed by atoms with Crippen LogP contribution in [0.2, 0.25) is 0 Å². The van der Waals surface area contributed by atoms with Crippen molar-refractivity contribution in [2.24, 2.45) is 0 Å². The molecule has 3 aromatic rings. The van der Waals surface area contributed by atoms with Crippen LogP contribution in [0.3, 0.4) is 0 Å². The number of hydrogen-bond donors (Lipinski definition) is 1. The summed E-state index contributed by atoms with van der Waals surface area (Å²) in [5.41, 5.74) is 9.57. The number of ether oxygens (including phenoxy) is 2. The van der Waals surface area contributed by atoms with E-state index in [9.17, 15) is 0 Å². The minimum Gasteiger partial charge on any atom is -0.493 e. The molecular formula is C17H17N3O2. The highest BCUT2D eigenvalue weighted by Gasteiger charge is 2.14. The maximum absolute atomic E-state index is 5.92. The highest BCUT2D eigenvalue weighted by molar-refractivity contribution is 5.78. The summed E-state index contributed by atoms with van der Waals surface area (Å²) in [6.07, 6.45) is 5.37. The summed E-state index contributed by atoms with van der Waals surface area (Å²) < 4.78 is 12.8. The van der Waals surface area contributed by atoms with E-state index in [1.807, 2.05) is 47.2 Å². The predicted molar refractivity (Wildman–Crippen MR) is 86.5 cm³/mol. The molecule has 5 heteroatoms. The van der Waals surface area contributed by atoms with Gasteiger partial charge in [-0.15, -0.1) is 0 Å². The first-order valence-electron chi connectivity index (χ1n) is 6.83. The second kappa shape index (κ2) is 5.81. The van der Waals surface area contributed by atoms with Crippen molar-refractivity contribution in [3.63, 3.8) is 0 Å². The number of nitrogen functional groups attached to an aromatic ring is 1. The van der Waals surface area contributed by atoms with Crippen LogP contribution in [0.25, 0.3) is 16.8 Å². The van der Waals surface area contributed by atoms with Crippen molar-refractivity contribution < 1.29 is 9.47 Å². The second-order valence-electron chi connectivity index (χ2n) is 4.82. The molecule has 0 aliphatic rings. The fourth-order valence-corrected chi connectivity index (χ4v) is 2.42. The SMILES string of the molecule is COc1cc(-c2cccc(N)c2)c(-n2ccnc2)cc1OC. The zero-order chi connectivity index (χ0) is 15.5. The van der Waals surface area contributed by atoms with Crippen LogP contribution in [0.1, 0.15) is 0 Å². The monoisotopic (exact) mass is 295 g/mol. The van der Waals surface area contributed by atoms with Crippen LogP contribution in [0.4, 0.5) is 5.69 Å². The number of rotatable bonds is 4. The second-order valence-corrected chi connectivity index (χ2v) is 4.82. The lowest BCUT2D eigenvalue weighted by atomic mass is 10.0. The van der Waals surface area contributed by atoms with Crippen molar-refractivity contribution in [2.75, 3.05) is 20.0 Å². The van der Waals surface area contributed by atoms with Crippen LogP contribution < -0.4 is 15.2 Å².